The largest absolute Gasteiger partial charge is 0.388 e. The van der Waals surface area contributed by atoms with E-state index in [9.17, 15) is 0 Å². The molecule has 1 N–H and O–H groups in total. The van der Waals surface area contributed by atoms with Crippen LogP contribution in [0.4, 0.5) is 11.4 Å². The molecule has 1 rings (SSSR count). The van der Waals surface area contributed by atoms with E-state index in [1.807, 2.05) is 7.05 Å². The minimum atomic E-state index is 1.09. The first-order valence-electron chi connectivity index (χ1n) is 6.34. The molecule has 0 radical (unpaired) electrons. The zero-order valence-electron chi connectivity index (χ0n) is 10.8. The van der Waals surface area contributed by atoms with Crippen LogP contribution in [-0.2, 0) is 0 Å². The Labute approximate surface area is 99.7 Å². The van der Waals surface area contributed by atoms with Gasteiger partial charge in [-0.1, -0.05) is 19.8 Å². The molecule has 0 aromatic heterocycles. The third kappa shape index (κ3) is 3.76. The van der Waals surface area contributed by atoms with Crippen molar-refractivity contribution in [1.29, 1.82) is 0 Å². The van der Waals surface area contributed by atoms with Crippen LogP contribution in [0.3, 0.4) is 0 Å². The van der Waals surface area contributed by atoms with Gasteiger partial charge in [-0.05, 0) is 37.6 Å². The van der Waals surface area contributed by atoms with Crippen LogP contribution in [0.5, 0.6) is 0 Å². The predicted octanol–water partition coefficient (Wildman–Crippen LogP) is 3.74. The molecule has 0 saturated carbocycles. The van der Waals surface area contributed by atoms with E-state index in [0.29, 0.717) is 0 Å². The van der Waals surface area contributed by atoms with Gasteiger partial charge in [0.25, 0.3) is 0 Å². The van der Waals surface area contributed by atoms with Gasteiger partial charge in [-0.2, -0.15) is 0 Å². The molecule has 1 aromatic rings. The standard InChI is InChI=1S/C14H24N2/c1-4-6-7-12-16(5-2)14-10-8-13(15-3)9-11-14/h8-11,15H,4-7,12H2,1-3H3. The topological polar surface area (TPSA) is 15.3 Å². The molecule has 1 aromatic carbocycles. The van der Waals surface area contributed by atoms with Gasteiger partial charge in [-0.15, -0.1) is 0 Å². The molecule has 0 fully saturated rings. The Bertz CT molecular complexity index is 279. The quantitative estimate of drug-likeness (QED) is 0.704. The summed E-state index contributed by atoms with van der Waals surface area (Å²) in [5, 5.41) is 3.14. The van der Waals surface area contributed by atoms with E-state index in [-0.39, 0.29) is 0 Å². The molecule has 0 saturated heterocycles. The number of rotatable bonds is 7. The SMILES string of the molecule is CCCCCN(CC)c1ccc(NC)cc1. The zero-order chi connectivity index (χ0) is 11.8. The van der Waals surface area contributed by atoms with Gasteiger partial charge in [-0.3, -0.25) is 0 Å². The van der Waals surface area contributed by atoms with E-state index in [4.69, 9.17) is 0 Å². The summed E-state index contributed by atoms with van der Waals surface area (Å²) in [4.78, 5) is 2.44. The van der Waals surface area contributed by atoms with Crippen molar-refractivity contribution in [2.24, 2.45) is 0 Å². The number of hydrogen-bond donors (Lipinski definition) is 1. The maximum absolute atomic E-state index is 3.14. The van der Waals surface area contributed by atoms with E-state index >= 15 is 0 Å². The fourth-order valence-corrected chi connectivity index (χ4v) is 1.86. The van der Waals surface area contributed by atoms with Crippen LogP contribution in [0.25, 0.3) is 0 Å². The smallest absolute Gasteiger partial charge is 0.0367 e. The lowest BCUT2D eigenvalue weighted by Gasteiger charge is -2.23. The highest BCUT2D eigenvalue weighted by molar-refractivity contribution is 5.54. The number of nitrogens with one attached hydrogen (secondary N) is 1. The Morgan fingerprint density at radius 2 is 1.75 bits per heavy atom. The highest BCUT2D eigenvalue weighted by Gasteiger charge is 2.02. The van der Waals surface area contributed by atoms with Crippen molar-refractivity contribution >= 4 is 11.4 Å². The molecule has 90 valence electrons. The highest BCUT2D eigenvalue weighted by atomic mass is 15.1. The maximum atomic E-state index is 3.14. The predicted molar refractivity (Wildman–Crippen MR) is 73.4 cm³/mol. The molecule has 0 unspecified atom stereocenters. The summed E-state index contributed by atoms with van der Waals surface area (Å²) < 4.78 is 0. The molecule has 0 spiro atoms. The van der Waals surface area contributed by atoms with Crippen LogP contribution >= 0.6 is 0 Å². The third-order valence-corrected chi connectivity index (χ3v) is 2.93. The van der Waals surface area contributed by atoms with E-state index in [1.54, 1.807) is 0 Å². The lowest BCUT2D eigenvalue weighted by molar-refractivity contribution is 0.685. The Balaban J connectivity index is 2.56. The van der Waals surface area contributed by atoms with Gasteiger partial charge in [-0.25, -0.2) is 0 Å². The molecule has 0 atom stereocenters. The Hall–Kier alpha value is -1.18. The Morgan fingerprint density at radius 3 is 2.25 bits per heavy atom. The second-order valence-electron chi connectivity index (χ2n) is 4.08. The van der Waals surface area contributed by atoms with E-state index in [0.717, 1.165) is 6.54 Å². The van der Waals surface area contributed by atoms with Crippen molar-refractivity contribution < 1.29 is 0 Å². The van der Waals surface area contributed by atoms with Crippen molar-refractivity contribution in [3.63, 3.8) is 0 Å². The first-order valence-corrected chi connectivity index (χ1v) is 6.34. The van der Waals surface area contributed by atoms with Crippen molar-refractivity contribution in [2.45, 2.75) is 33.1 Å². The fourth-order valence-electron chi connectivity index (χ4n) is 1.86. The number of unbranched alkanes of at least 4 members (excludes halogenated alkanes) is 2. The average molecular weight is 220 g/mol. The summed E-state index contributed by atoms with van der Waals surface area (Å²) in [6.07, 6.45) is 3.90. The molecule has 0 aliphatic heterocycles. The molecule has 0 amide bonds. The highest BCUT2D eigenvalue weighted by Crippen LogP contribution is 2.18. The molecular weight excluding hydrogens is 196 g/mol. The minimum Gasteiger partial charge on any atom is -0.388 e. The number of benzene rings is 1. The monoisotopic (exact) mass is 220 g/mol. The molecule has 0 aliphatic rings. The van der Waals surface area contributed by atoms with E-state index < -0.39 is 0 Å². The van der Waals surface area contributed by atoms with E-state index in [2.05, 4.69) is 48.3 Å². The number of nitrogens with zero attached hydrogens (tertiary/aromatic N) is 1. The first-order chi connectivity index (χ1) is 7.81. The average Bonchev–Trinajstić information content (AvgIpc) is 2.35. The van der Waals surface area contributed by atoms with Gasteiger partial charge in [0.2, 0.25) is 0 Å². The summed E-state index contributed by atoms with van der Waals surface area (Å²) >= 11 is 0. The fraction of sp³-hybridized carbons (Fsp3) is 0.571. The second-order valence-corrected chi connectivity index (χ2v) is 4.08. The van der Waals surface area contributed by atoms with Gasteiger partial charge in [0.15, 0.2) is 0 Å². The Kier molecular flexibility index (Phi) is 5.76. The van der Waals surface area contributed by atoms with Gasteiger partial charge in [0.1, 0.15) is 0 Å². The van der Waals surface area contributed by atoms with Gasteiger partial charge in [0, 0.05) is 31.5 Å². The van der Waals surface area contributed by atoms with Crippen molar-refractivity contribution in [2.75, 3.05) is 30.4 Å². The molecule has 0 heterocycles. The lowest BCUT2D eigenvalue weighted by Crippen LogP contribution is -2.23. The van der Waals surface area contributed by atoms with Gasteiger partial charge in [0.05, 0.1) is 0 Å². The number of hydrogen-bond acceptors (Lipinski definition) is 2. The normalized spacial score (nSPS) is 10.2. The van der Waals surface area contributed by atoms with E-state index in [1.165, 1.54) is 37.2 Å². The van der Waals surface area contributed by atoms with Crippen molar-refractivity contribution in [3.05, 3.63) is 24.3 Å². The summed E-state index contributed by atoms with van der Waals surface area (Å²) in [6, 6.07) is 8.66. The van der Waals surface area contributed by atoms with Crippen LogP contribution in [0.15, 0.2) is 24.3 Å². The van der Waals surface area contributed by atoms with Gasteiger partial charge >= 0.3 is 0 Å². The third-order valence-electron chi connectivity index (χ3n) is 2.93. The summed E-state index contributed by atoms with van der Waals surface area (Å²) in [5.41, 5.74) is 2.51. The molecular formula is C14H24N2. The molecule has 2 nitrogen and oxygen atoms in total. The van der Waals surface area contributed by atoms with Crippen LogP contribution in [0.1, 0.15) is 33.1 Å². The molecule has 16 heavy (non-hydrogen) atoms. The van der Waals surface area contributed by atoms with Crippen LogP contribution < -0.4 is 10.2 Å². The summed E-state index contributed by atoms with van der Waals surface area (Å²) in [5.74, 6) is 0. The van der Waals surface area contributed by atoms with Crippen LogP contribution in [-0.4, -0.2) is 20.1 Å². The van der Waals surface area contributed by atoms with Crippen LogP contribution in [0, 0.1) is 0 Å². The zero-order valence-corrected chi connectivity index (χ0v) is 10.8. The van der Waals surface area contributed by atoms with Gasteiger partial charge < -0.3 is 10.2 Å². The molecule has 0 aliphatic carbocycles. The van der Waals surface area contributed by atoms with Crippen LogP contribution in [0.2, 0.25) is 0 Å². The number of anilines is 2. The molecule has 0 bridgehead atoms. The minimum absolute atomic E-state index is 1.09. The first kappa shape index (κ1) is 12.9. The lowest BCUT2D eigenvalue weighted by atomic mass is 10.2. The Morgan fingerprint density at radius 1 is 1.06 bits per heavy atom. The summed E-state index contributed by atoms with van der Waals surface area (Å²) in [7, 11) is 1.95. The van der Waals surface area contributed by atoms with Crippen molar-refractivity contribution in [1.82, 2.24) is 0 Å². The van der Waals surface area contributed by atoms with Crippen molar-refractivity contribution in [3.8, 4) is 0 Å². The maximum Gasteiger partial charge on any atom is 0.0367 e. The second kappa shape index (κ2) is 7.15. The molecule has 2 heteroatoms. The summed E-state index contributed by atoms with van der Waals surface area (Å²) in [6.45, 7) is 6.72.